The predicted molar refractivity (Wildman–Crippen MR) is 78.4 cm³/mol. The van der Waals surface area contributed by atoms with Crippen LogP contribution in [0.5, 0.6) is 0 Å². The number of piperidine rings is 1. The molecular weight excluding hydrogens is 270 g/mol. The lowest BCUT2D eigenvalue weighted by molar-refractivity contribution is -0.154. The molecule has 114 valence electrons. The molecule has 0 bridgehead atoms. The van der Waals surface area contributed by atoms with Gasteiger partial charge < -0.3 is 10.0 Å². The van der Waals surface area contributed by atoms with Crippen LogP contribution >= 0.6 is 0 Å². The van der Waals surface area contributed by atoms with Gasteiger partial charge in [0.15, 0.2) is 0 Å². The lowest BCUT2D eigenvalue weighted by atomic mass is 9.76. The van der Waals surface area contributed by atoms with Gasteiger partial charge in [-0.3, -0.25) is 14.3 Å². The highest BCUT2D eigenvalue weighted by molar-refractivity contribution is 5.91. The average molecular weight is 291 g/mol. The fourth-order valence-electron chi connectivity index (χ4n) is 2.68. The number of amides is 1. The first-order valence-corrected chi connectivity index (χ1v) is 7.17. The number of carboxylic acids is 1. The fraction of sp³-hybridized carbons (Fsp3) is 0.533. The Balaban J connectivity index is 1.96. The summed E-state index contributed by atoms with van der Waals surface area (Å²) in [5.41, 5.74) is 0.191. The summed E-state index contributed by atoms with van der Waals surface area (Å²) < 4.78 is 1.69. The number of hydrogen-bond acceptors (Lipinski definition) is 3. The molecule has 2 heterocycles. The van der Waals surface area contributed by atoms with Crippen LogP contribution in [0.1, 0.15) is 31.9 Å². The van der Waals surface area contributed by atoms with Crippen molar-refractivity contribution in [3.05, 3.63) is 24.0 Å². The molecule has 0 saturated carbocycles. The van der Waals surface area contributed by atoms with Crippen molar-refractivity contribution in [3.63, 3.8) is 0 Å². The highest BCUT2D eigenvalue weighted by atomic mass is 16.4. The van der Waals surface area contributed by atoms with Crippen LogP contribution in [0, 0.1) is 5.41 Å². The molecule has 0 aliphatic carbocycles. The van der Waals surface area contributed by atoms with E-state index < -0.39 is 11.4 Å². The van der Waals surface area contributed by atoms with E-state index in [1.807, 2.05) is 20.0 Å². The van der Waals surface area contributed by atoms with Gasteiger partial charge in [0.1, 0.15) is 0 Å². The number of carbonyl (C=O) groups excluding carboxylic acids is 1. The van der Waals surface area contributed by atoms with E-state index in [0.717, 1.165) is 5.69 Å². The minimum Gasteiger partial charge on any atom is -0.481 e. The van der Waals surface area contributed by atoms with Crippen molar-refractivity contribution in [2.24, 2.45) is 12.5 Å². The Kier molecular flexibility index (Phi) is 4.45. The number of likely N-dealkylation sites (tertiary alicyclic amines) is 1. The zero-order valence-corrected chi connectivity index (χ0v) is 12.5. The third-order valence-corrected chi connectivity index (χ3v) is 4.42. The van der Waals surface area contributed by atoms with Crippen molar-refractivity contribution in [2.45, 2.75) is 26.2 Å². The van der Waals surface area contributed by atoms with E-state index in [1.165, 1.54) is 6.08 Å². The first kappa shape index (κ1) is 15.3. The molecule has 0 aromatic carbocycles. The average Bonchev–Trinajstić information content (AvgIpc) is 2.90. The lowest BCUT2D eigenvalue weighted by Gasteiger charge is -2.37. The minimum absolute atomic E-state index is 0.0775. The third kappa shape index (κ3) is 3.15. The maximum atomic E-state index is 12.1. The van der Waals surface area contributed by atoms with Crippen LogP contribution in [-0.4, -0.2) is 44.8 Å². The fourth-order valence-corrected chi connectivity index (χ4v) is 2.68. The second-order valence-corrected chi connectivity index (χ2v) is 5.48. The molecule has 1 amide bonds. The molecule has 1 aromatic rings. The Morgan fingerprint density at radius 3 is 2.57 bits per heavy atom. The number of carbonyl (C=O) groups is 2. The molecule has 0 spiro atoms. The minimum atomic E-state index is -0.748. The standard InChI is InChI=1S/C15H21N3O3/c1-3-15(14(20)21)7-10-18(11-8-15)13(19)5-4-12-6-9-16-17(12)2/h4-6,9H,3,7-8,10-11H2,1-2H3,(H,20,21). The van der Waals surface area contributed by atoms with Gasteiger partial charge in [0.25, 0.3) is 0 Å². The molecule has 1 aliphatic heterocycles. The van der Waals surface area contributed by atoms with Gasteiger partial charge in [-0.05, 0) is 31.4 Å². The second-order valence-electron chi connectivity index (χ2n) is 5.48. The van der Waals surface area contributed by atoms with Gasteiger partial charge in [-0.1, -0.05) is 6.92 Å². The molecule has 2 rings (SSSR count). The van der Waals surface area contributed by atoms with Crippen LogP contribution in [0.25, 0.3) is 6.08 Å². The zero-order valence-electron chi connectivity index (χ0n) is 12.5. The van der Waals surface area contributed by atoms with Gasteiger partial charge in [-0.2, -0.15) is 5.10 Å². The van der Waals surface area contributed by atoms with Crippen molar-refractivity contribution >= 4 is 18.0 Å². The second kappa shape index (κ2) is 6.11. The Morgan fingerprint density at radius 2 is 2.10 bits per heavy atom. The smallest absolute Gasteiger partial charge is 0.309 e. The summed E-state index contributed by atoms with van der Waals surface area (Å²) in [6.45, 7) is 2.89. The summed E-state index contributed by atoms with van der Waals surface area (Å²) in [5, 5.41) is 13.4. The van der Waals surface area contributed by atoms with E-state index in [1.54, 1.807) is 21.9 Å². The lowest BCUT2D eigenvalue weighted by Crippen LogP contribution is -2.45. The van der Waals surface area contributed by atoms with Gasteiger partial charge >= 0.3 is 5.97 Å². The van der Waals surface area contributed by atoms with Gasteiger partial charge in [0.05, 0.1) is 11.1 Å². The highest BCUT2D eigenvalue weighted by Crippen LogP contribution is 2.35. The Bertz CT molecular complexity index is 554. The van der Waals surface area contributed by atoms with Crippen LogP contribution in [0.3, 0.4) is 0 Å². The molecule has 1 aromatic heterocycles. The summed E-state index contributed by atoms with van der Waals surface area (Å²) in [5.74, 6) is -0.825. The van der Waals surface area contributed by atoms with Crippen molar-refractivity contribution in [1.29, 1.82) is 0 Å². The number of hydrogen-bond donors (Lipinski definition) is 1. The maximum Gasteiger partial charge on any atom is 0.309 e. The Hall–Kier alpha value is -2.11. The molecule has 0 radical (unpaired) electrons. The molecule has 0 unspecified atom stereocenters. The van der Waals surface area contributed by atoms with E-state index in [-0.39, 0.29) is 5.91 Å². The Morgan fingerprint density at radius 1 is 1.43 bits per heavy atom. The maximum absolute atomic E-state index is 12.1. The largest absolute Gasteiger partial charge is 0.481 e. The van der Waals surface area contributed by atoms with Crippen LogP contribution in [-0.2, 0) is 16.6 Å². The highest BCUT2D eigenvalue weighted by Gasteiger charge is 2.40. The number of carboxylic acid groups (broad SMARTS) is 1. The van der Waals surface area contributed by atoms with Crippen molar-refractivity contribution in [3.8, 4) is 0 Å². The SMILES string of the molecule is CCC1(C(=O)O)CCN(C(=O)C=Cc2ccnn2C)CC1. The summed E-state index contributed by atoms with van der Waals surface area (Å²) in [4.78, 5) is 25.2. The van der Waals surface area contributed by atoms with Crippen molar-refractivity contribution in [2.75, 3.05) is 13.1 Å². The molecule has 1 N–H and O–H groups in total. The van der Waals surface area contributed by atoms with Gasteiger partial charge in [0, 0.05) is 32.4 Å². The number of aromatic nitrogens is 2. The van der Waals surface area contributed by atoms with Crippen molar-refractivity contribution in [1.82, 2.24) is 14.7 Å². The predicted octanol–water partition coefficient (Wildman–Crippen LogP) is 1.54. The Labute approximate surface area is 124 Å². The number of aliphatic carboxylic acids is 1. The quantitative estimate of drug-likeness (QED) is 0.854. The van der Waals surface area contributed by atoms with Crippen LogP contribution < -0.4 is 0 Å². The summed E-state index contributed by atoms with van der Waals surface area (Å²) in [7, 11) is 1.81. The molecule has 6 nitrogen and oxygen atoms in total. The topological polar surface area (TPSA) is 75.4 Å². The van der Waals surface area contributed by atoms with E-state index in [9.17, 15) is 14.7 Å². The number of rotatable bonds is 4. The van der Waals surface area contributed by atoms with Crippen LogP contribution in [0.15, 0.2) is 18.3 Å². The summed E-state index contributed by atoms with van der Waals surface area (Å²) in [6.07, 6.45) is 6.57. The first-order valence-electron chi connectivity index (χ1n) is 7.17. The molecular formula is C15H21N3O3. The van der Waals surface area contributed by atoms with E-state index in [4.69, 9.17) is 0 Å². The first-order chi connectivity index (χ1) is 9.98. The molecule has 6 heteroatoms. The zero-order chi connectivity index (χ0) is 15.5. The summed E-state index contributed by atoms with van der Waals surface area (Å²) >= 11 is 0. The normalized spacial score (nSPS) is 18.1. The van der Waals surface area contributed by atoms with Gasteiger partial charge in [-0.25, -0.2) is 0 Å². The number of nitrogens with zero attached hydrogens (tertiary/aromatic N) is 3. The molecule has 21 heavy (non-hydrogen) atoms. The van der Waals surface area contributed by atoms with E-state index in [0.29, 0.717) is 32.4 Å². The van der Waals surface area contributed by atoms with Gasteiger partial charge in [0.2, 0.25) is 5.91 Å². The molecule has 1 aliphatic rings. The van der Waals surface area contributed by atoms with Gasteiger partial charge in [-0.15, -0.1) is 0 Å². The van der Waals surface area contributed by atoms with Crippen LogP contribution in [0.4, 0.5) is 0 Å². The van der Waals surface area contributed by atoms with E-state index in [2.05, 4.69) is 5.10 Å². The third-order valence-electron chi connectivity index (χ3n) is 4.42. The van der Waals surface area contributed by atoms with E-state index >= 15 is 0 Å². The molecule has 0 atom stereocenters. The molecule has 1 saturated heterocycles. The summed E-state index contributed by atoms with van der Waals surface area (Å²) in [6, 6.07) is 1.83. The monoisotopic (exact) mass is 291 g/mol. The number of aryl methyl sites for hydroxylation is 1. The van der Waals surface area contributed by atoms with Crippen molar-refractivity contribution < 1.29 is 14.7 Å². The van der Waals surface area contributed by atoms with Crippen LogP contribution in [0.2, 0.25) is 0 Å². The molecule has 1 fully saturated rings.